The summed E-state index contributed by atoms with van der Waals surface area (Å²) < 4.78 is 19.3. The van der Waals surface area contributed by atoms with E-state index in [1.165, 1.54) is 6.08 Å². The van der Waals surface area contributed by atoms with Gasteiger partial charge in [-0.25, -0.2) is 0 Å². The predicted molar refractivity (Wildman–Crippen MR) is 42.2 cm³/mol. The molecule has 0 heterocycles. The summed E-state index contributed by atoms with van der Waals surface area (Å²) in [6, 6.07) is 0. The lowest BCUT2D eigenvalue weighted by atomic mass is 10.5. The van der Waals surface area contributed by atoms with E-state index >= 15 is 0 Å². The van der Waals surface area contributed by atoms with Crippen LogP contribution in [0.5, 0.6) is 0 Å². The summed E-state index contributed by atoms with van der Waals surface area (Å²) in [5.74, 6) is 0. The van der Waals surface area contributed by atoms with Crippen LogP contribution in [-0.2, 0) is 18.7 Å². The largest absolute Gasteiger partial charge is 0.731 e. The minimum Gasteiger partial charge on any atom is -0.364 e. The molecule has 0 spiro atoms. The van der Waals surface area contributed by atoms with E-state index in [4.69, 9.17) is 5.11 Å². The predicted octanol–water partition coefficient (Wildman–Crippen LogP) is 1.52. The Balaban J connectivity index is 3.39. The molecule has 1 N–H and O–H groups in total. The smallest absolute Gasteiger partial charge is 0.364 e. The highest BCUT2D eigenvalue weighted by Crippen LogP contribution is 2.26. The molecular weight excluding hydrogens is 183 g/mol. The quantitative estimate of drug-likeness (QED) is 0.166. The Labute approximate surface area is 71.8 Å². The SMILES string of the molecule is C=CCOO[P+](=O)OC(O)CC. The average molecular weight is 195 g/mol. The molecule has 0 rings (SSSR count). The topological polar surface area (TPSA) is 65.0 Å². The van der Waals surface area contributed by atoms with Crippen molar-refractivity contribution in [1.29, 1.82) is 0 Å². The van der Waals surface area contributed by atoms with Gasteiger partial charge in [-0.15, -0.1) is 6.58 Å². The van der Waals surface area contributed by atoms with Crippen molar-refractivity contribution >= 4 is 8.25 Å². The Morgan fingerprint density at radius 3 is 2.92 bits per heavy atom. The van der Waals surface area contributed by atoms with Gasteiger partial charge in [-0.05, 0) is 0 Å². The summed E-state index contributed by atoms with van der Waals surface area (Å²) in [5.41, 5.74) is 0. The molecule has 0 aliphatic carbocycles. The normalized spacial score (nSPS) is 14.0. The first kappa shape index (κ1) is 11.7. The molecule has 0 aromatic carbocycles. The molecule has 0 aliphatic heterocycles. The van der Waals surface area contributed by atoms with Crippen molar-refractivity contribution in [3.63, 3.8) is 0 Å². The van der Waals surface area contributed by atoms with Gasteiger partial charge in [0, 0.05) is 11.0 Å². The third kappa shape index (κ3) is 6.39. The fourth-order valence-corrected chi connectivity index (χ4v) is 0.843. The first-order valence-corrected chi connectivity index (χ1v) is 4.52. The average Bonchev–Trinajstić information content (AvgIpc) is 2.05. The third-order valence-electron chi connectivity index (χ3n) is 0.856. The van der Waals surface area contributed by atoms with E-state index in [9.17, 15) is 4.57 Å². The van der Waals surface area contributed by atoms with Gasteiger partial charge in [-0.1, -0.05) is 17.5 Å². The van der Waals surface area contributed by atoms with Crippen molar-refractivity contribution in [1.82, 2.24) is 0 Å². The number of hydrogen-bond donors (Lipinski definition) is 1. The molecule has 0 bridgehead atoms. The van der Waals surface area contributed by atoms with Gasteiger partial charge < -0.3 is 5.11 Å². The molecule has 0 radical (unpaired) electrons. The molecule has 0 saturated carbocycles. The van der Waals surface area contributed by atoms with Gasteiger partial charge in [0.2, 0.25) is 6.29 Å². The maximum Gasteiger partial charge on any atom is 0.731 e. The first-order valence-electron chi connectivity index (χ1n) is 3.43. The van der Waals surface area contributed by atoms with Crippen LogP contribution < -0.4 is 0 Å². The van der Waals surface area contributed by atoms with E-state index in [1.807, 2.05) is 0 Å². The van der Waals surface area contributed by atoms with Gasteiger partial charge in [0.1, 0.15) is 6.61 Å². The van der Waals surface area contributed by atoms with Crippen molar-refractivity contribution in [3.05, 3.63) is 12.7 Å². The summed E-state index contributed by atoms with van der Waals surface area (Å²) in [4.78, 5) is 4.35. The molecule has 2 unspecified atom stereocenters. The second-order valence-corrected chi connectivity index (χ2v) is 2.65. The highest BCUT2D eigenvalue weighted by molar-refractivity contribution is 7.33. The summed E-state index contributed by atoms with van der Waals surface area (Å²) >= 11 is 0. The van der Waals surface area contributed by atoms with E-state index in [0.29, 0.717) is 6.42 Å². The summed E-state index contributed by atoms with van der Waals surface area (Å²) in [6.45, 7) is 5.14. The molecule has 0 aliphatic rings. The van der Waals surface area contributed by atoms with Crippen LogP contribution in [0.3, 0.4) is 0 Å². The van der Waals surface area contributed by atoms with Gasteiger partial charge in [0.05, 0.1) is 4.67 Å². The van der Waals surface area contributed by atoms with Crippen LogP contribution in [0.15, 0.2) is 12.7 Å². The van der Waals surface area contributed by atoms with E-state index in [-0.39, 0.29) is 6.61 Å². The fraction of sp³-hybridized carbons (Fsp3) is 0.667. The highest BCUT2D eigenvalue weighted by atomic mass is 31.1. The molecule has 6 heteroatoms. The van der Waals surface area contributed by atoms with Crippen molar-refractivity contribution in [2.24, 2.45) is 0 Å². The van der Waals surface area contributed by atoms with Gasteiger partial charge in [-0.3, -0.25) is 0 Å². The molecule has 0 aromatic heterocycles. The zero-order valence-electron chi connectivity index (χ0n) is 6.80. The van der Waals surface area contributed by atoms with Gasteiger partial charge in [-0.2, -0.15) is 4.89 Å². The Morgan fingerprint density at radius 1 is 1.75 bits per heavy atom. The molecule has 0 fully saturated rings. The summed E-state index contributed by atoms with van der Waals surface area (Å²) in [6.07, 6.45) is 0.687. The number of aliphatic hydroxyl groups is 1. The van der Waals surface area contributed by atoms with Crippen LogP contribution >= 0.6 is 8.25 Å². The number of aliphatic hydroxyl groups excluding tert-OH is 1. The summed E-state index contributed by atoms with van der Waals surface area (Å²) in [5, 5.41) is 8.82. The van der Waals surface area contributed by atoms with Crippen LogP contribution in [0, 0.1) is 0 Å². The molecule has 12 heavy (non-hydrogen) atoms. The molecule has 0 aromatic rings. The fourth-order valence-electron chi connectivity index (χ4n) is 0.313. The lowest BCUT2D eigenvalue weighted by Gasteiger charge is -1.95. The van der Waals surface area contributed by atoms with Crippen LogP contribution in [-0.4, -0.2) is 18.0 Å². The van der Waals surface area contributed by atoms with E-state index in [1.54, 1.807) is 6.92 Å². The lowest BCUT2D eigenvalue weighted by Crippen LogP contribution is -2.05. The Morgan fingerprint density at radius 2 is 2.42 bits per heavy atom. The van der Waals surface area contributed by atoms with Crippen molar-refractivity contribution in [3.8, 4) is 0 Å². The van der Waals surface area contributed by atoms with E-state index in [2.05, 4.69) is 20.7 Å². The first-order chi connectivity index (χ1) is 5.70. The van der Waals surface area contributed by atoms with Crippen molar-refractivity contribution < 1.29 is 23.8 Å². The number of hydrogen-bond acceptors (Lipinski definition) is 5. The summed E-state index contributed by atoms with van der Waals surface area (Å²) in [7, 11) is -2.41. The molecule has 70 valence electrons. The molecule has 2 atom stereocenters. The van der Waals surface area contributed by atoms with Crippen LogP contribution in [0.2, 0.25) is 0 Å². The van der Waals surface area contributed by atoms with Gasteiger partial charge in [0.15, 0.2) is 0 Å². The highest BCUT2D eigenvalue weighted by Gasteiger charge is 2.26. The maximum atomic E-state index is 10.7. The van der Waals surface area contributed by atoms with E-state index in [0.717, 1.165) is 0 Å². The monoisotopic (exact) mass is 195 g/mol. The molecule has 0 amide bonds. The standard InChI is InChI=1S/C6H12O5P/c1-3-5-9-11-12(8)10-6(7)4-2/h3,6-7H,1,4-5H2,2H3/q+1. The van der Waals surface area contributed by atoms with Crippen molar-refractivity contribution in [2.45, 2.75) is 19.6 Å². The molecular formula is C6H12O5P+. The Bertz CT molecular complexity index is 149. The zero-order chi connectivity index (χ0) is 9.40. The lowest BCUT2D eigenvalue weighted by molar-refractivity contribution is -0.205. The molecule has 5 nitrogen and oxygen atoms in total. The Hall–Kier alpha value is -0.320. The number of rotatable bonds is 7. The van der Waals surface area contributed by atoms with E-state index < -0.39 is 14.5 Å². The zero-order valence-corrected chi connectivity index (χ0v) is 7.70. The maximum absolute atomic E-state index is 10.7. The minimum absolute atomic E-state index is 0.118. The Kier molecular flexibility index (Phi) is 7.14. The van der Waals surface area contributed by atoms with Gasteiger partial charge in [0.25, 0.3) is 0 Å². The third-order valence-corrected chi connectivity index (χ3v) is 1.50. The van der Waals surface area contributed by atoms with Gasteiger partial charge >= 0.3 is 8.25 Å². The van der Waals surface area contributed by atoms with Crippen LogP contribution in [0.25, 0.3) is 0 Å². The van der Waals surface area contributed by atoms with Crippen molar-refractivity contribution in [2.75, 3.05) is 6.61 Å². The van der Waals surface area contributed by atoms with Crippen LogP contribution in [0.4, 0.5) is 0 Å². The second kappa shape index (κ2) is 7.34. The van der Waals surface area contributed by atoms with Crippen LogP contribution in [0.1, 0.15) is 13.3 Å². The molecule has 0 saturated heterocycles. The second-order valence-electron chi connectivity index (χ2n) is 1.84. The minimum atomic E-state index is -2.41.